The van der Waals surface area contributed by atoms with Gasteiger partial charge in [0.15, 0.2) is 0 Å². The van der Waals surface area contributed by atoms with Crippen LogP contribution in [0.15, 0.2) is 29.2 Å². The summed E-state index contributed by atoms with van der Waals surface area (Å²) in [7, 11) is 0. The molecule has 0 saturated heterocycles. The Morgan fingerprint density at radius 3 is 3.04 bits per heavy atom. The molecule has 2 aromatic heterocycles. The Kier molecular flexibility index (Phi) is 3.91. The predicted octanol–water partition coefficient (Wildman–Crippen LogP) is 2.85. The maximum absolute atomic E-state index is 14.0. The van der Waals surface area contributed by atoms with Crippen molar-refractivity contribution < 1.29 is 9.18 Å². The Morgan fingerprint density at radius 2 is 2.20 bits per heavy atom. The number of nitrogens with one attached hydrogen (secondary N) is 1. The maximum Gasteiger partial charge on any atom is 0.291 e. The number of carbonyl (C=O) groups is 1. The van der Waals surface area contributed by atoms with Crippen LogP contribution in [0.25, 0.3) is 5.78 Å². The van der Waals surface area contributed by atoms with E-state index in [-0.39, 0.29) is 23.6 Å². The first kappa shape index (κ1) is 16.0. The lowest BCUT2D eigenvalue weighted by Crippen LogP contribution is -2.31. The third-order valence-electron chi connectivity index (χ3n) is 4.15. The summed E-state index contributed by atoms with van der Waals surface area (Å²) in [4.78, 5) is 21.7. The summed E-state index contributed by atoms with van der Waals surface area (Å²) in [5, 5.41) is 7.17. The fourth-order valence-corrected chi connectivity index (χ4v) is 4.16. The van der Waals surface area contributed by atoms with E-state index in [1.165, 1.54) is 17.8 Å². The molecule has 1 atom stereocenters. The quantitative estimate of drug-likeness (QED) is 0.764. The summed E-state index contributed by atoms with van der Waals surface area (Å²) in [5.41, 5.74) is 2.48. The minimum atomic E-state index is -0.380. The Bertz CT molecular complexity index is 987. The summed E-state index contributed by atoms with van der Waals surface area (Å²) >= 11 is 1.48. The van der Waals surface area contributed by atoms with Gasteiger partial charge in [0, 0.05) is 22.0 Å². The van der Waals surface area contributed by atoms with Crippen LogP contribution in [0.3, 0.4) is 0 Å². The van der Waals surface area contributed by atoms with Crippen LogP contribution >= 0.6 is 11.8 Å². The number of amides is 1. The molecule has 0 fully saturated rings. The van der Waals surface area contributed by atoms with Gasteiger partial charge in [-0.2, -0.15) is 4.98 Å². The van der Waals surface area contributed by atoms with Gasteiger partial charge in [-0.05, 0) is 38.0 Å². The molecule has 3 aromatic rings. The Morgan fingerprint density at radius 1 is 1.36 bits per heavy atom. The van der Waals surface area contributed by atoms with E-state index in [0.717, 1.165) is 29.1 Å². The number of fused-ring (bicyclic) bond motifs is 2. The third kappa shape index (κ3) is 2.86. The van der Waals surface area contributed by atoms with E-state index in [1.807, 2.05) is 26.0 Å². The van der Waals surface area contributed by atoms with Crippen LogP contribution in [-0.4, -0.2) is 31.2 Å². The number of halogens is 1. The molecule has 1 aliphatic heterocycles. The molecular weight excluding hydrogens is 341 g/mol. The van der Waals surface area contributed by atoms with Crippen LogP contribution in [0.4, 0.5) is 4.39 Å². The third-order valence-corrected chi connectivity index (χ3v) is 5.31. The molecule has 3 heterocycles. The highest BCUT2D eigenvalue weighted by atomic mass is 32.2. The number of benzene rings is 1. The molecule has 0 unspecified atom stereocenters. The van der Waals surface area contributed by atoms with Crippen molar-refractivity contribution >= 4 is 23.4 Å². The molecule has 128 valence electrons. The molecule has 6 nitrogen and oxygen atoms in total. The number of nitrogens with zero attached hydrogens (tertiary/aromatic N) is 4. The number of thioether (sulfide) groups is 1. The first-order valence-corrected chi connectivity index (χ1v) is 8.94. The van der Waals surface area contributed by atoms with E-state index in [2.05, 4.69) is 20.4 Å². The van der Waals surface area contributed by atoms with Gasteiger partial charge in [-0.25, -0.2) is 13.9 Å². The van der Waals surface area contributed by atoms with Gasteiger partial charge < -0.3 is 5.32 Å². The highest BCUT2D eigenvalue weighted by molar-refractivity contribution is 7.99. The van der Waals surface area contributed by atoms with Crippen LogP contribution in [0.5, 0.6) is 0 Å². The average molecular weight is 357 g/mol. The van der Waals surface area contributed by atoms with Gasteiger partial charge in [0.05, 0.1) is 6.04 Å². The van der Waals surface area contributed by atoms with Crippen molar-refractivity contribution in [3.05, 3.63) is 52.9 Å². The number of aryl methyl sites for hydroxylation is 2. The smallest absolute Gasteiger partial charge is 0.291 e. The molecule has 8 heteroatoms. The molecule has 0 spiro atoms. The largest absolute Gasteiger partial charge is 0.342 e. The van der Waals surface area contributed by atoms with E-state index >= 15 is 0 Å². The standard InChI is InChI=1S/C17H16FN5OS/c1-9-8-10(2)23-17(19-9)21-15(22-23)16(24)20-13-6-7-25-14-11(13)4-3-5-12(14)18/h3-5,8,13H,6-7H2,1-2H3,(H,20,24)/t13-/m0/s1. The zero-order valence-electron chi connectivity index (χ0n) is 13.8. The van der Waals surface area contributed by atoms with Gasteiger partial charge in [-0.3, -0.25) is 4.79 Å². The van der Waals surface area contributed by atoms with E-state index in [9.17, 15) is 9.18 Å². The van der Waals surface area contributed by atoms with Crippen molar-refractivity contribution in [1.82, 2.24) is 24.9 Å². The molecule has 0 saturated carbocycles. The molecule has 1 aromatic carbocycles. The minimum Gasteiger partial charge on any atom is -0.342 e. The lowest BCUT2D eigenvalue weighted by Gasteiger charge is -2.25. The molecule has 1 N–H and O–H groups in total. The predicted molar refractivity (Wildman–Crippen MR) is 92.2 cm³/mol. The molecule has 25 heavy (non-hydrogen) atoms. The second-order valence-electron chi connectivity index (χ2n) is 6.01. The Hall–Kier alpha value is -2.48. The van der Waals surface area contributed by atoms with Crippen LogP contribution in [0, 0.1) is 19.7 Å². The fraction of sp³-hybridized carbons (Fsp3) is 0.294. The van der Waals surface area contributed by atoms with Gasteiger partial charge in [-0.15, -0.1) is 16.9 Å². The highest BCUT2D eigenvalue weighted by Crippen LogP contribution is 2.37. The van der Waals surface area contributed by atoms with Gasteiger partial charge in [-0.1, -0.05) is 12.1 Å². The second kappa shape index (κ2) is 6.11. The van der Waals surface area contributed by atoms with Gasteiger partial charge in [0.2, 0.25) is 5.82 Å². The van der Waals surface area contributed by atoms with Gasteiger partial charge in [0.25, 0.3) is 11.7 Å². The topological polar surface area (TPSA) is 72.2 Å². The van der Waals surface area contributed by atoms with Crippen LogP contribution in [0.2, 0.25) is 0 Å². The number of hydrogen-bond acceptors (Lipinski definition) is 5. The fourth-order valence-electron chi connectivity index (χ4n) is 3.02. The van der Waals surface area contributed by atoms with Gasteiger partial charge >= 0.3 is 0 Å². The first-order valence-electron chi connectivity index (χ1n) is 7.96. The number of carbonyl (C=O) groups excluding carboxylic acids is 1. The average Bonchev–Trinajstić information content (AvgIpc) is 3.00. The van der Waals surface area contributed by atoms with Gasteiger partial charge in [0.1, 0.15) is 5.82 Å². The summed E-state index contributed by atoms with van der Waals surface area (Å²) < 4.78 is 15.5. The number of rotatable bonds is 2. The van der Waals surface area contributed by atoms with Crippen LogP contribution in [0.1, 0.15) is 40.0 Å². The van der Waals surface area contributed by atoms with E-state index in [4.69, 9.17) is 0 Å². The van der Waals surface area contributed by atoms with Crippen molar-refractivity contribution in [1.29, 1.82) is 0 Å². The molecule has 0 radical (unpaired) electrons. The molecule has 1 amide bonds. The summed E-state index contributed by atoms with van der Waals surface area (Å²) in [6.45, 7) is 3.75. The Balaban J connectivity index is 1.63. The van der Waals surface area contributed by atoms with Crippen molar-refractivity contribution in [3.63, 3.8) is 0 Å². The van der Waals surface area contributed by atoms with Crippen molar-refractivity contribution in [2.24, 2.45) is 0 Å². The van der Waals surface area contributed by atoms with Crippen molar-refractivity contribution in [2.75, 3.05) is 5.75 Å². The minimum absolute atomic E-state index is 0.0670. The maximum atomic E-state index is 14.0. The lowest BCUT2D eigenvalue weighted by molar-refractivity contribution is 0.0924. The summed E-state index contributed by atoms with van der Waals surface area (Å²) in [6.07, 6.45) is 0.733. The molecule has 4 rings (SSSR count). The van der Waals surface area contributed by atoms with E-state index in [0.29, 0.717) is 10.7 Å². The summed E-state index contributed by atoms with van der Waals surface area (Å²) in [5.74, 6) is 0.583. The molecular formula is C17H16FN5OS. The summed E-state index contributed by atoms with van der Waals surface area (Å²) in [6, 6.07) is 6.58. The van der Waals surface area contributed by atoms with Crippen LogP contribution < -0.4 is 5.32 Å². The normalized spacial score (nSPS) is 16.7. The first-order chi connectivity index (χ1) is 12.0. The zero-order chi connectivity index (χ0) is 17.6. The van der Waals surface area contributed by atoms with Crippen molar-refractivity contribution in [2.45, 2.75) is 31.2 Å². The number of hydrogen-bond donors (Lipinski definition) is 1. The monoisotopic (exact) mass is 357 g/mol. The van der Waals surface area contributed by atoms with E-state index in [1.54, 1.807) is 10.6 Å². The molecule has 0 bridgehead atoms. The lowest BCUT2D eigenvalue weighted by atomic mass is 10.0. The Labute approximate surface area is 147 Å². The van der Waals surface area contributed by atoms with Crippen LogP contribution in [-0.2, 0) is 0 Å². The number of aromatic nitrogens is 4. The zero-order valence-corrected chi connectivity index (χ0v) is 14.6. The molecule has 0 aliphatic carbocycles. The second-order valence-corrected chi connectivity index (χ2v) is 7.11. The van der Waals surface area contributed by atoms with E-state index < -0.39 is 0 Å². The highest BCUT2D eigenvalue weighted by Gasteiger charge is 2.26. The van der Waals surface area contributed by atoms with Crippen molar-refractivity contribution in [3.8, 4) is 0 Å². The SMILES string of the molecule is Cc1cc(C)n2nc(C(=O)N[C@H]3CCSc4c(F)cccc43)nc2n1. The molecule has 1 aliphatic rings.